The van der Waals surface area contributed by atoms with Crippen LogP contribution in [0.1, 0.15) is 11.7 Å². The third-order valence-electron chi connectivity index (χ3n) is 3.37. The molecule has 1 aliphatic rings. The van der Waals surface area contributed by atoms with Gasteiger partial charge in [0.25, 0.3) is 0 Å². The summed E-state index contributed by atoms with van der Waals surface area (Å²) in [5.74, 6) is 0.541. The van der Waals surface area contributed by atoms with Gasteiger partial charge in [-0.25, -0.2) is 8.78 Å². The Kier molecular flexibility index (Phi) is 6.22. The Balaban J connectivity index is 1.69. The third kappa shape index (κ3) is 4.70. The van der Waals surface area contributed by atoms with Crippen LogP contribution < -0.4 is 5.32 Å². The van der Waals surface area contributed by atoms with E-state index in [1.807, 2.05) is 11.8 Å². The summed E-state index contributed by atoms with van der Waals surface area (Å²) < 4.78 is 25.9. The molecule has 1 aromatic carbocycles. The van der Waals surface area contributed by atoms with Crippen molar-refractivity contribution < 1.29 is 13.9 Å². The normalized spacial score (nSPS) is 18.1. The van der Waals surface area contributed by atoms with Gasteiger partial charge >= 0.3 is 0 Å². The molecule has 20 heavy (non-hydrogen) atoms. The van der Waals surface area contributed by atoms with E-state index in [4.69, 9.17) is 0 Å². The Bertz CT molecular complexity index is 428. The van der Waals surface area contributed by atoms with E-state index in [1.165, 1.54) is 17.6 Å². The van der Waals surface area contributed by atoms with Gasteiger partial charge in [-0.15, -0.1) is 0 Å². The molecule has 1 aliphatic heterocycles. The number of hydrogen-bond donors (Lipinski definition) is 2. The van der Waals surface area contributed by atoms with Gasteiger partial charge in [0, 0.05) is 44.2 Å². The number of benzene rings is 1. The standard InChI is InChI=1S/C14H20F2N2OS/c15-12-2-1-11(9-13(12)16)14(19)10-17-3-4-18-5-7-20-8-6-18/h1-2,9,14,17,19H,3-8,10H2. The number of aliphatic hydroxyl groups is 1. The summed E-state index contributed by atoms with van der Waals surface area (Å²) in [7, 11) is 0. The monoisotopic (exact) mass is 302 g/mol. The molecular formula is C14H20F2N2OS. The average Bonchev–Trinajstić information content (AvgIpc) is 2.47. The second-order valence-corrected chi connectivity index (χ2v) is 6.07. The third-order valence-corrected chi connectivity index (χ3v) is 4.32. The fourth-order valence-electron chi connectivity index (χ4n) is 2.14. The lowest BCUT2D eigenvalue weighted by Gasteiger charge is -2.26. The lowest BCUT2D eigenvalue weighted by molar-refractivity contribution is 0.172. The van der Waals surface area contributed by atoms with Crippen LogP contribution in [-0.4, -0.2) is 54.2 Å². The van der Waals surface area contributed by atoms with Crippen molar-refractivity contribution in [3.63, 3.8) is 0 Å². The number of thioether (sulfide) groups is 1. The molecule has 2 rings (SSSR count). The fraction of sp³-hybridized carbons (Fsp3) is 0.571. The number of halogens is 2. The van der Waals surface area contributed by atoms with Gasteiger partial charge in [0.15, 0.2) is 11.6 Å². The van der Waals surface area contributed by atoms with Crippen LogP contribution in [0.2, 0.25) is 0 Å². The van der Waals surface area contributed by atoms with E-state index in [2.05, 4.69) is 10.2 Å². The molecule has 0 radical (unpaired) electrons. The lowest BCUT2D eigenvalue weighted by atomic mass is 10.1. The Labute approximate surface area is 122 Å². The molecule has 0 spiro atoms. The van der Waals surface area contributed by atoms with Gasteiger partial charge < -0.3 is 15.3 Å². The molecule has 0 bridgehead atoms. The average molecular weight is 302 g/mol. The van der Waals surface area contributed by atoms with Gasteiger partial charge in [-0.3, -0.25) is 0 Å². The molecule has 112 valence electrons. The highest BCUT2D eigenvalue weighted by Crippen LogP contribution is 2.15. The maximum absolute atomic E-state index is 13.1. The molecule has 1 saturated heterocycles. The Morgan fingerprint density at radius 1 is 1.25 bits per heavy atom. The van der Waals surface area contributed by atoms with E-state index in [-0.39, 0.29) is 0 Å². The van der Waals surface area contributed by atoms with Crippen molar-refractivity contribution in [1.29, 1.82) is 0 Å². The van der Waals surface area contributed by atoms with Crippen LogP contribution in [0, 0.1) is 11.6 Å². The molecular weight excluding hydrogens is 282 g/mol. The summed E-state index contributed by atoms with van der Waals surface area (Å²) in [6, 6.07) is 3.50. The van der Waals surface area contributed by atoms with Crippen LogP contribution in [0.15, 0.2) is 18.2 Å². The van der Waals surface area contributed by atoms with E-state index in [0.29, 0.717) is 12.1 Å². The molecule has 1 fully saturated rings. The van der Waals surface area contributed by atoms with Crippen molar-refractivity contribution in [2.45, 2.75) is 6.10 Å². The van der Waals surface area contributed by atoms with Gasteiger partial charge in [-0.05, 0) is 17.7 Å². The smallest absolute Gasteiger partial charge is 0.159 e. The second-order valence-electron chi connectivity index (χ2n) is 4.85. The van der Waals surface area contributed by atoms with Gasteiger partial charge in [0.2, 0.25) is 0 Å². The van der Waals surface area contributed by atoms with Crippen molar-refractivity contribution in [1.82, 2.24) is 10.2 Å². The molecule has 0 aromatic heterocycles. The first kappa shape index (κ1) is 15.7. The van der Waals surface area contributed by atoms with Gasteiger partial charge in [-0.1, -0.05) is 6.07 Å². The van der Waals surface area contributed by atoms with Crippen LogP contribution >= 0.6 is 11.8 Å². The van der Waals surface area contributed by atoms with Crippen LogP contribution in [0.25, 0.3) is 0 Å². The molecule has 3 nitrogen and oxygen atoms in total. The zero-order valence-electron chi connectivity index (χ0n) is 11.3. The molecule has 6 heteroatoms. The summed E-state index contributed by atoms with van der Waals surface area (Å²) in [6.45, 7) is 4.29. The largest absolute Gasteiger partial charge is 0.387 e. The Morgan fingerprint density at radius 2 is 2.00 bits per heavy atom. The van der Waals surface area contributed by atoms with E-state index in [1.54, 1.807) is 0 Å². The summed E-state index contributed by atoms with van der Waals surface area (Å²) in [4.78, 5) is 2.38. The van der Waals surface area contributed by atoms with Crippen molar-refractivity contribution in [3.05, 3.63) is 35.4 Å². The van der Waals surface area contributed by atoms with Crippen molar-refractivity contribution in [3.8, 4) is 0 Å². The summed E-state index contributed by atoms with van der Waals surface area (Å²) in [5, 5.41) is 13.1. The van der Waals surface area contributed by atoms with Crippen molar-refractivity contribution >= 4 is 11.8 Å². The Morgan fingerprint density at radius 3 is 2.70 bits per heavy atom. The molecule has 1 atom stereocenters. The lowest BCUT2D eigenvalue weighted by Crippen LogP contribution is -2.38. The summed E-state index contributed by atoms with van der Waals surface area (Å²) in [6.07, 6.45) is -0.818. The molecule has 1 unspecified atom stereocenters. The van der Waals surface area contributed by atoms with E-state index < -0.39 is 17.7 Å². The molecule has 1 aromatic rings. The SMILES string of the molecule is OC(CNCCN1CCSCC1)c1ccc(F)c(F)c1. The number of rotatable bonds is 6. The van der Waals surface area contributed by atoms with Crippen LogP contribution in [0.4, 0.5) is 8.78 Å². The van der Waals surface area contributed by atoms with Crippen LogP contribution in [-0.2, 0) is 0 Å². The maximum atomic E-state index is 13.1. The minimum atomic E-state index is -0.924. The molecule has 1 heterocycles. The van der Waals surface area contributed by atoms with Gasteiger partial charge in [-0.2, -0.15) is 11.8 Å². The predicted octanol–water partition coefficient (Wildman–Crippen LogP) is 1.64. The summed E-state index contributed by atoms with van der Waals surface area (Å²) in [5.41, 5.74) is 0.394. The number of nitrogens with one attached hydrogen (secondary N) is 1. The highest BCUT2D eigenvalue weighted by Gasteiger charge is 2.12. The van der Waals surface area contributed by atoms with E-state index in [0.717, 1.165) is 38.3 Å². The zero-order chi connectivity index (χ0) is 14.4. The minimum absolute atomic E-state index is 0.341. The minimum Gasteiger partial charge on any atom is -0.387 e. The predicted molar refractivity (Wildman–Crippen MR) is 78.0 cm³/mol. The van der Waals surface area contributed by atoms with E-state index in [9.17, 15) is 13.9 Å². The molecule has 0 saturated carbocycles. The van der Waals surface area contributed by atoms with Crippen LogP contribution in [0.3, 0.4) is 0 Å². The van der Waals surface area contributed by atoms with Gasteiger partial charge in [0.05, 0.1) is 6.10 Å². The highest BCUT2D eigenvalue weighted by atomic mass is 32.2. The number of nitrogens with zero attached hydrogens (tertiary/aromatic N) is 1. The maximum Gasteiger partial charge on any atom is 0.159 e. The van der Waals surface area contributed by atoms with Crippen molar-refractivity contribution in [2.75, 3.05) is 44.2 Å². The summed E-state index contributed by atoms with van der Waals surface area (Å²) >= 11 is 1.97. The zero-order valence-corrected chi connectivity index (χ0v) is 12.1. The number of hydrogen-bond acceptors (Lipinski definition) is 4. The Hall–Kier alpha value is -0.690. The molecule has 0 amide bonds. The van der Waals surface area contributed by atoms with E-state index >= 15 is 0 Å². The first-order valence-electron chi connectivity index (χ1n) is 6.80. The number of aliphatic hydroxyl groups excluding tert-OH is 1. The topological polar surface area (TPSA) is 35.5 Å². The fourth-order valence-corrected chi connectivity index (χ4v) is 3.12. The van der Waals surface area contributed by atoms with Crippen molar-refractivity contribution in [2.24, 2.45) is 0 Å². The quantitative estimate of drug-likeness (QED) is 0.783. The first-order valence-corrected chi connectivity index (χ1v) is 7.96. The second kappa shape index (κ2) is 7.93. The van der Waals surface area contributed by atoms with Gasteiger partial charge in [0.1, 0.15) is 0 Å². The van der Waals surface area contributed by atoms with Crippen LogP contribution in [0.5, 0.6) is 0 Å². The first-order chi connectivity index (χ1) is 9.66. The molecule has 0 aliphatic carbocycles. The molecule has 2 N–H and O–H groups in total. The highest BCUT2D eigenvalue weighted by molar-refractivity contribution is 7.99.